The Hall–Kier alpha value is -4.60. The summed E-state index contributed by atoms with van der Waals surface area (Å²) in [6.45, 7) is 2.85. The number of fused-ring (bicyclic) bond motifs is 2. The Bertz CT molecular complexity index is 1700. The molecule has 1 aliphatic heterocycles. The van der Waals surface area contributed by atoms with Crippen LogP contribution < -0.4 is 5.32 Å². The fourth-order valence-electron chi connectivity index (χ4n) is 4.96. The van der Waals surface area contributed by atoms with E-state index in [1.54, 1.807) is 22.0 Å². The zero-order valence-corrected chi connectivity index (χ0v) is 20.4. The summed E-state index contributed by atoms with van der Waals surface area (Å²) in [7, 11) is 0. The maximum absolute atomic E-state index is 13.9. The third kappa shape index (κ3) is 4.17. The van der Waals surface area contributed by atoms with Crippen molar-refractivity contribution in [2.24, 2.45) is 0 Å². The molecule has 0 unspecified atom stereocenters. The molecule has 3 aromatic heterocycles. The quantitative estimate of drug-likeness (QED) is 0.342. The highest BCUT2D eigenvalue weighted by atomic mass is 19.2. The molecule has 38 heavy (non-hydrogen) atoms. The smallest absolute Gasteiger partial charge is 0.291 e. The van der Waals surface area contributed by atoms with Crippen LogP contribution in [0.15, 0.2) is 65.5 Å². The molecule has 4 heterocycles. The first-order valence-electron chi connectivity index (χ1n) is 12.3. The van der Waals surface area contributed by atoms with Gasteiger partial charge < -0.3 is 14.6 Å². The second kappa shape index (κ2) is 9.37. The van der Waals surface area contributed by atoms with Gasteiger partial charge in [-0.25, -0.2) is 8.78 Å². The van der Waals surface area contributed by atoms with Gasteiger partial charge in [0.2, 0.25) is 0 Å². The molecule has 1 N–H and O–H groups in total. The van der Waals surface area contributed by atoms with Gasteiger partial charge in [0.1, 0.15) is 11.1 Å². The number of nitrogens with one attached hydrogen (secondary N) is 1. The number of rotatable bonds is 4. The SMILES string of the molecule is Cc1c(C(=O)Nc2cnn(C3CCN(C(=O)c4cnc5c(F)c(F)ccc5c4)CC3)c2)oc2ccccc12. The van der Waals surface area contributed by atoms with E-state index < -0.39 is 11.6 Å². The largest absolute Gasteiger partial charge is 0.451 e. The standard InChI is InChI=1S/C28H23F2N5O3/c1-16-21-4-2-3-5-23(21)38-26(16)27(36)33-19-14-32-35(15-19)20-8-10-34(11-9-20)28(37)18-12-17-6-7-22(29)24(30)25(17)31-13-18/h2-7,12-15,20H,8-11H2,1H3,(H,33,36). The molecule has 192 valence electrons. The maximum atomic E-state index is 13.9. The number of aryl methyl sites for hydroxylation is 1. The monoisotopic (exact) mass is 515 g/mol. The van der Waals surface area contributed by atoms with E-state index in [1.165, 1.54) is 18.3 Å². The summed E-state index contributed by atoms with van der Waals surface area (Å²) in [5.74, 6) is -2.29. The summed E-state index contributed by atoms with van der Waals surface area (Å²) < 4.78 is 34.9. The number of likely N-dealkylation sites (tertiary alicyclic amines) is 1. The lowest BCUT2D eigenvalue weighted by Gasteiger charge is -2.32. The lowest BCUT2D eigenvalue weighted by Crippen LogP contribution is -2.39. The van der Waals surface area contributed by atoms with E-state index in [0.717, 1.165) is 17.0 Å². The van der Waals surface area contributed by atoms with Crippen LogP contribution in [0.3, 0.4) is 0 Å². The van der Waals surface area contributed by atoms with Crippen molar-refractivity contribution in [1.29, 1.82) is 0 Å². The van der Waals surface area contributed by atoms with Crippen LogP contribution in [-0.4, -0.2) is 44.6 Å². The molecule has 2 amide bonds. The van der Waals surface area contributed by atoms with Crippen molar-refractivity contribution in [1.82, 2.24) is 19.7 Å². The zero-order chi connectivity index (χ0) is 26.4. The predicted octanol–water partition coefficient (Wildman–Crippen LogP) is 5.49. The lowest BCUT2D eigenvalue weighted by molar-refractivity contribution is 0.0689. The molecule has 0 saturated carbocycles. The number of furan rings is 1. The number of aromatic nitrogens is 3. The molecule has 10 heteroatoms. The number of piperidine rings is 1. The van der Waals surface area contributed by atoms with Crippen molar-refractivity contribution < 1.29 is 22.8 Å². The van der Waals surface area contributed by atoms with Crippen molar-refractivity contribution in [3.63, 3.8) is 0 Å². The molecule has 0 radical (unpaired) electrons. The molecule has 0 spiro atoms. The number of anilines is 1. The number of pyridine rings is 1. The molecule has 6 rings (SSSR count). The third-order valence-corrected chi connectivity index (χ3v) is 7.03. The molecule has 0 atom stereocenters. The second-order valence-electron chi connectivity index (χ2n) is 9.40. The topological polar surface area (TPSA) is 93.3 Å². The van der Waals surface area contributed by atoms with E-state index in [-0.39, 0.29) is 29.1 Å². The number of hydrogen-bond donors (Lipinski definition) is 1. The van der Waals surface area contributed by atoms with Gasteiger partial charge in [-0.05, 0) is 44.0 Å². The molecule has 2 aromatic carbocycles. The molecule has 0 aliphatic carbocycles. The number of nitrogens with zero attached hydrogens (tertiary/aromatic N) is 4. The summed E-state index contributed by atoms with van der Waals surface area (Å²) in [6.07, 6.45) is 6.00. The van der Waals surface area contributed by atoms with Crippen molar-refractivity contribution in [2.75, 3.05) is 18.4 Å². The number of amides is 2. The Morgan fingerprint density at radius 1 is 1.08 bits per heavy atom. The fraction of sp³-hybridized carbons (Fsp3) is 0.214. The lowest BCUT2D eigenvalue weighted by atomic mass is 10.0. The third-order valence-electron chi connectivity index (χ3n) is 7.03. The minimum absolute atomic E-state index is 0.0597. The normalized spacial score (nSPS) is 14.3. The van der Waals surface area contributed by atoms with Gasteiger partial charge in [0.25, 0.3) is 11.8 Å². The Kier molecular flexibility index (Phi) is 5.86. The minimum atomic E-state index is -1.02. The Morgan fingerprint density at radius 2 is 1.87 bits per heavy atom. The van der Waals surface area contributed by atoms with E-state index in [0.29, 0.717) is 48.2 Å². The van der Waals surface area contributed by atoms with Crippen LogP contribution in [0.5, 0.6) is 0 Å². The van der Waals surface area contributed by atoms with Crippen molar-refractivity contribution in [3.8, 4) is 0 Å². The van der Waals surface area contributed by atoms with E-state index >= 15 is 0 Å². The van der Waals surface area contributed by atoms with E-state index in [1.807, 2.05) is 31.2 Å². The molecule has 1 saturated heterocycles. The van der Waals surface area contributed by atoms with Gasteiger partial charge in [0.15, 0.2) is 17.4 Å². The second-order valence-corrected chi connectivity index (χ2v) is 9.40. The first-order valence-corrected chi connectivity index (χ1v) is 12.3. The molecule has 1 aliphatic rings. The number of halogens is 2. The van der Waals surface area contributed by atoms with Crippen LogP contribution in [0, 0.1) is 18.6 Å². The first-order chi connectivity index (χ1) is 18.4. The van der Waals surface area contributed by atoms with Crippen LogP contribution in [0.1, 0.15) is 45.4 Å². The average Bonchev–Trinajstić information content (AvgIpc) is 3.55. The number of carbonyl (C=O) groups is 2. The molecular formula is C28H23F2N5O3. The van der Waals surface area contributed by atoms with Crippen LogP contribution >= 0.6 is 0 Å². The Morgan fingerprint density at radius 3 is 2.66 bits per heavy atom. The highest BCUT2D eigenvalue weighted by molar-refractivity contribution is 6.06. The van der Waals surface area contributed by atoms with E-state index in [4.69, 9.17) is 4.42 Å². The molecule has 5 aromatic rings. The van der Waals surface area contributed by atoms with Crippen LogP contribution in [-0.2, 0) is 0 Å². The molecule has 0 bridgehead atoms. The van der Waals surface area contributed by atoms with Gasteiger partial charge >= 0.3 is 0 Å². The molecular weight excluding hydrogens is 492 g/mol. The fourth-order valence-corrected chi connectivity index (χ4v) is 4.96. The van der Waals surface area contributed by atoms with E-state index in [2.05, 4.69) is 15.4 Å². The summed E-state index contributed by atoms with van der Waals surface area (Å²) in [5, 5.41) is 8.54. The summed E-state index contributed by atoms with van der Waals surface area (Å²) >= 11 is 0. The van der Waals surface area contributed by atoms with Gasteiger partial charge in [-0.15, -0.1) is 0 Å². The zero-order valence-electron chi connectivity index (χ0n) is 20.4. The maximum Gasteiger partial charge on any atom is 0.291 e. The summed E-state index contributed by atoms with van der Waals surface area (Å²) in [5.41, 5.74) is 2.22. The van der Waals surface area contributed by atoms with Crippen molar-refractivity contribution >= 4 is 39.4 Å². The number of para-hydroxylation sites is 1. The highest BCUT2D eigenvalue weighted by Crippen LogP contribution is 2.28. The van der Waals surface area contributed by atoms with Gasteiger partial charge in [-0.1, -0.05) is 18.2 Å². The van der Waals surface area contributed by atoms with Crippen molar-refractivity contribution in [3.05, 3.63) is 89.6 Å². The predicted molar refractivity (Wildman–Crippen MR) is 137 cm³/mol. The highest BCUT2D eigenvalue weighted by Gasteiger charge is 2.26. The van der Waals surface area contributed by atoms with E-state index in [9.17, 15) is 18.4 Å². The number of carbonyl (C=O) groups excluding carboxylic acids is 2. The number of benzene rings is 2. The minimum Gasteiger partial charge on any atom is -0.451 e. The Balaban J connectivity index is 1.09. The van der Waals surface area contributed by atoms with Crippen LogP contribution in [0.4, 0.5) is 14.5 Å². The summed E-state index contributed by atoms with van der Waals surface area (Å²) in [6, 6.07) is 11.5. The number of hydrogen-bond acceptors (Lipinski definition) is 5. The first kappa shape index (κ1) is 23.8. The molecule has 1 fully saturated rings. The van der Waals surface area contributed by atoms with Crippen LogP contribution in [0.25, 0.3) is 21.9 Å². The molecule has 8 nitrogen and oxygen atoms in total. The van der Waals surface area contributed by atoms with Gasteiger partial charge in [-0.2, -0.15) is 5.10 Å². The van der Waals surface area contributed by atoms with Gasteiger partial charge in [0, 0.05) is 41.8 Å². The van der Waals surface area contributed by atoms with Crippen LogP contribution in [0.2, 0.25) is 0 Å². The average molecular weight is 516 g/mol. The van der Waals surface area contributed by atoms with Gasteiger partial charge in [-0.3, -0.25) is 19.3 Å². The van der Waals surface area contributed by atoms with Crippen molar-refractivity contribution in [2.45, 2.75) is 25.8 Å². The summed E-state index contributed by atoms with van der Waals surface area (Å²) in [4.78, 5) is 31.5. The Labute approximate surface area is 215 Å². The van der Waals surface area contributed by atoms with Gasteiger partial charge in [0.05, 0.1) is 23.5 Å².